The average Bonchev–Trinajstić information content (AvgIpc) is 2.73. The molecule has 1 N–H and O–H groups in total. The number of hydrogen-bond acceptors (Lipinski definition) is 5. The topological polar surface area (TPSA) is 84.9 Å². The number of carbonyl (C=O) groups excluding carboxylic acids is 1. The second kappa shape index (κ2) is 9.15. The maximum atomic E-state index is 13.1. The van der Waals surface area contributed by atoms with Gasteiger partial charge in [-0.2, -0.15) is 4.31 Å². The molecular formula is C20H23BrN2O5S. The molecule has 2 aromatic carbocycles. The van der Waals surface area contributed by atoms with Gasteiger partial charge in [-0.15, -0.1) is 0 Å². The van der Waals surface area contributed by atoms with E-state index in [4.69, 9.17) is 9.47 Å². The molecule has 0 atom stereocenters. The van der Waals surface area contributed by atoms with E-state index in [-0.39, 0.29) is 35.6 Å². The zero-order chi connectivity index (χ0) is 21.0. The molecule has 29 heavy (non-hydrogen) atoms. The molecule has 0 saturated carbocycles. The fraction of sp³-hybridized carbons (Fsp3) is 0.350. The van der Waals surface area contributed by atoms with Crippen LogP contribution in [0.2, 0.25) is 0 Å². The van der Waals surface area contributed by atoms with Crippen molar-refractivity contribution in [2.45, 2.75) is 17.7 Å². The van der Waals surface area contributed by atoms with E-state index >= 15 is 0 Å². The Morgan fingerprint density at radius 3 is 2.45 bits per heavy atom. The highest BCUT2D eigenvalue weighted by Crippen LogP contribution is 2.32. The minimum atomic E-state index is -3.76. The van der Waals surface area contributed by atoms with Crippen LogP contribution in [0.3, 0.4) is 0 Å². The zero-order valence-electron chi connectivity index (χ0n) is 16.2. The highest BCUT2D eigenvalue weighted by molar-refractivity contribution is 9.10. The standard InChI is InChI=1S/C20H23BrN2O5S/c1-27-17-6-7-18(28-2)19(13-17)29(25,26)23-10-8-14(9-11-23)20(24)22-16-5-3-4-15(21)12-16/h3-7,12-14H,8-11H2,1-2H3,(H,22,24). The van der Waals surface area contributed by atoms with Crippen LogP contribution in [0.15, 0.2) is 51.8 Å². The summed E-state index contributed by atoms with van der Waals surface area (Å²) >= 11 is 3.38. The Morgan fingerprint density at radius 2 is 1.83 bits per heavy atom. The molecule has 156 valence electrons. The van der Waals surface area contributed by atoms with Gasteiger partial charge in [-0.3, -0.25) is 4.79 Å². The molecule has 0 unspecified atom stereocenters. The van der Waals surface area contributed by atoms with Crippen molar-refractivity contribution in [3.63, 3.8) is 0 Å². The summed E-state index contributed by atoms with van der Waals surface area (Å²) < 4.78 is 38.9. The number of rotatable bonds is 6. The number of nitrogens with zero attached hydrogens (tertiary/aromatic N) is 1. The van der Waals surface area contributed by atoms with Crippen LogP contribution in [-0.4, -0.2) is 45.9 Å². The lowest BCUT2D eigenvalue weighted by Gasteiger charge is -2.31. The van der Waals surface area contributed by atoms with Crippen LogP contribution in [0.1, 0.15) is 12.8 Å². The predicted octanol–water partition coefficient (Wildman–Crippen LogP) is 3.51. The van der Waals surface area contributed by atoms with Gasteiger partial charge in [0.1, 0.15) is 16.4 Å². The van der Waals surface area contributed by atoms with E-state index in [1.54, 1.807) is 12.1 Å². The van der Waals surface area contributed by atoms with Crippen LogP contribution in [0, 0.1) is 5.92 Å². The van der Waals surface area contributed by atoms with Gasteiger partial charge in [0.05, 0.1) is 14.2 Å². The molecule has 1 fully saturated rings. The molecule has 0 bridgehead atoms. The first kappa shape index (κ1) is 21.6. The van der Waals surface area contributed by atoms with Crippen molar-refractivity contribution in [2.24, 2.45) is 5.92 Å². The van der Waals surface area contributed by atoms with Gasteiger partial charge in [0.25, 0.3) is 0 Å². The normalized spacial score (nSPS) is 15.7. The van der Waals surface area contributed by atoms with Gasteiger partial charge in [0.2, 0.25) is 15.9 Å². The second-order valence-electron chi connectivity index (χ2n) is 6.69. The Hall–Kier alpha value is -2.10. The summed E-state index contributed by atoms with van der Waals surface area (Å²) in [5, 5.41) is 2.90. The Balaban J connectivity index is 1.69. The van der Waals surface area contributed by atoms with Crippen molar-refractivity contribution in [3.8, 4) is 11.5 Å². The van der Waals surface area contributed by atoms with Gasteiger partial charge in [-0.05, 0) is 43.2 Å². The Kier molecular flexibility index (Phi) is 6.81. The summed E-state index contributed by atoms with van der Waals surface area (Å²) in [6.07, 6.45) is 0.900. The predicted molar refractivity (Wildman–Crippen MR) is 114 cm³/mol. The lowest BCUT2D eigenvalue weighted by atomic mass is 9.97. The van der Waals surface area contributed by atoms with Crippen LogP contribution in [0.5, 0.6) is 11.5 Å². The van der Waals surface area contributed by atoms with Gasteiger partial charge >= 0.3 is 0 Å². The lowest BCUT2D eigenvalue weighted by molar-refractivity contribution is -0.120. The summed E-state index contributed by atoms with van der Waals surface area (Å²) in [7, 11) is -0.851. The third-order valence-corrected chi connectivity index (χ3v) is 7.32. The van der Waals surface area contributed by atoms with E-state index in [1.807, 2.05) is 24.3 Å². The van der Waals surface area contributed by atoms with Crippen LogP contribution in [0.25, 0.3) is 0 Å². The van der Waals surface area contributed by atoms with Crippen LogP contribution in [0.4, 0.5) is 5.69 Å². The number of ether oxygens (including phenoxy) is 2. The molecule has 0 aliphatic carbocycles. The van der Waals surface area contributed by atoms with Crippen LogP contribution >= 0.6 is 15.9 Å². The first-order chi connectivity index (χ1) is 13.8. The highest BCUT2D eigenvalue weighted by Gasteiger charge is 2.34. The average molecular weight is 483 g/mol. The van der Waals surface area contributed by atoms with E-state index in [2.05, 4.69) is 21.2 Å². The summed E-state index contributed by atoms with van der Waals surface area (Å²) in [5.74, 6) is 0.361. The summed E-state index contributed by atoms with van der Waals surface area (Å²) in [5.41, 5.74) is 0.709. The number of halogens is 1. The zero-order valence-corrected chi connectivity index (χ0v) is 18.6. The number of piperidine rings is 1. The first-order valence-electron chi connectivity index (χ1n) is 9.13. The van der Waals surface area contributed by atoms with Crippen molar-refractivity contribution in [2.75, 3.05) is 32.6 Å². The molecule has 0 aromatic heterocycles. The van der Waals surface area contributed by atoms with Crippen molar-refractivity contribution in [3.05, 3.63) is 46.9 Å². The number of anilines is 1. The molecule has 1 aliphatic heterocycles. The number of carbonyl (C=O) groups is 1. The van der Waals surface area contributed by atoms with E-state index in [0.29, 0.717) is 24.3 Å². The van der Waals surface area contributed by atoms with Gasteiger partial charge in [-0.25, -0.2) is 8.42 Å². The summed E-state index contributed by atoms with van der Waals surface area (Å²) in [6.45, 7) is 0.526. The van der Waals surface area contributed by atoms with Crippen LogP contribution < -0.4 is 14.8 Å². The smallest absolute Gasteiger partial charge is 0.246 e. The quantitative estimate of drug-likeness (QED) is 0.680. The van der Waals surface area contributed by atoms with Gasteiger partial charge < -0.3 is 14.8 Å². The van der Waals surface area contributed by atoms with Crippen molar-refractivity contribution in [1.82, 2.24) is 4.31 Å². The molecule has 1 heterocycles. The maximum absolute atomic E-state index is 13.1. The molecule has 7 nitrogen and oxygen atoms in total. The van der Waals surface area contributed by atoms with Crippen LogP contribution in [-0.2, 0) is 14.8 Å². The molecule has 9 heteroatoms. The Morgan fingerprint density at radius 1 is 1.10 bits per heavy atom. The van der Waals surface area contributed by atoms with E-state index < -0.39 is 10.0 Å². The molecule has 0 radical (unpaired) electrons. The monoisotopic (exact) mass is 482 g/mol. The molecular weight excluding hydrogens is 460 g/mol. The van der Waals surface area contributed by atoms with Crippen molar-refractivity contribution < 1.29 is 22.7 Å². The maximum Gasteiger partial charge on any atom is 0.246 e. The third-order valence-electron chi connectivity index (χ3n) is 4.91. The summed E-state index contributed by atoms with van der Waals surface area (Å²) in [4.78, 5) is 12.6. The van der Waals surface area contributed by atoms with Crippen molar-refractivity contribution >= 4 is 37.5 Å². The number of benzene rings is 2. The third kappa shape index (κ3) is 4.91. The number of nitrogens with one attached hydrogen (secondary N) is 1. The van der Waals surface area contributed by atoms with E-state index in [1.165, 1.54) is 24.6 Å². The molecule has 2 aromatic rings. The van der Waals surface area contributed by atoms with E-state index in [9.17, 15) is 13.2 Å². The molecule has 3 rings (SSSR count). The minimum absolute atomic E-state index is 0.0661. The molecule has 1 aliphatic rings. The molecule has 1 amide bonds. The molecule has 0 spiro atoms. The Labute approximate surface area is 179 Å². The molecule has 1 saturated heterocycles. The van der Waals surface area contributed by atoms with Gasteiger partial charge in [-0.1, -0.05) is 22.0 Å². The number of methoxy groups -OCH3 is 2. The highest BCUT2D eigenvalue weighted by atomic mass is 79.9. The van der Waals surface area contributed by atoms with Crippen molar-refractivity contribution in [1.29, 1.82) is 0 Å². The number of hydrogen-bond donors (Lipinski definition) is 1. The number of amides is 1. The SMILES string of the molecule is COc1ccc(OC)c(S(=O)(=O)N2CCC(C(=O)Nc3cccc(Br)c3)CC2)c1. The van der Waals surface area contributed by atoms with Gasteiger partial charge in [0, 0.05) is 35.2 Å². The minimum Gasteiger partial charge on any atom is -0.497 e. The fourth-order valence-electron chi connectivity index (χ4n) is 3.29. The van der Waals surface area contributed by atoms with E-state index in [0.717, 1.165) is 4.47 Å². The Bertz CT molecular complexity index is 988. The fourth-order valence-corrected chi connectivity index (χ4v) is 5.33. The largest absolute Gasteiger partial charge is 0.497 e. The number of sulfonamides is 1. The van der Waals surface area contributed by atoms with Gasteiger partial charge in [0.15, 0.2) is 0 Å². The lowest BCUT2D eigenvalue weighted by Crippen LogP contribution is -2.41. The first-order valence-corrected chi connectivity index (χ1v) is 11.4. The summed E-state index contributed by atoms with van der Waals surface area (Å²) in [6, 6.07) is 12.0. The second-order valence-corrected chi connectivity index (χ2v) is 9.52.